The maximum absolute atomic E-state index is 12.8. The fourth-order valence-corrected chi connectivity index (χ4v) is 5.33. The van der Waals surface area contributed by atoms with Gasteiger partial charge in [0.1, 0.15) is 0 Å². The van der Waals surface area contributed by atoms with E-state index < -0.39 is 0 Å². The normalized spacial score (nSPS) is 62.5. The number of allylic oxidation sites excluding steroid dienone is 2. The van der Waals surface area contributed by atoms with E-state index in [1.54, 1.807) is 0 Å². The van der Waals surface area contributed by atoms with Gasteiger partial charge in [-0.1, -0.05) is 12.2 Å². The molecule has 0 nitrogen and oxygen atoms in total. The zero-order valence-electron chi connectivity index (χ0n) is 8.40. The molecule has 0 amide bonds. The quantitative estimate of drug-likeness (QED) is 0.442. The second-order valence-corrected chi connectivity index (χ2v) is 5.91. The molecule has 76 valence electrons. The smallest absolute Gasteiger partial charge is 0.0925 e. The summed E-state index contributed by atoms with van der Waals surface area (Å²) in [6.45, 7) is -0.0501. The Labute approximate surface area is 84.6 Å². The molecule has 4 aliphatic carbocycles. The van der Waals surface area contributed by atoms with Crippen molar-refractivity contribution in [2.45, 2.75) is 19.3 Å². The molecule has 7 atom stereocenters. The van der Waals surface area contributed by atoms with E-state index >= 15 is 0 Å². The lowest BCUT2D eigenvalue weighted by molar-refractivity contribution is 0.130. The van der Waals surface area contributed by atoms with Gasteiger partial charge in [0.25, 0.3) is 0 Å². The van der Waals surface area contributed by atoms with Gasteiger partial charge in [0, 0.05) is 0 Å². The van der Waals surface area contributed by atoms with Crippen LogP contribution in [0.25, 0.3) is 0 Å². The molecule has 14 heavy (non-hydrogen) atoms. The molecule has 2 unspecified atom stereocenters. The Morgan fingerprint density at radius 2 is 1.79 bits per heavy atom. The number of halogens is 1. The molecule has 1 heteroatoms. The minimum Gasteiger partial charge on any atom is -0.251 e. The van der Waals surface area contributed by atoms with Gasteiger partial charge in [-0.3, -0.25) is 4.39 Å². The van der Waals surface area contributed by atoms with E-state index in [4.69, 9.17) is 0 Å². The molecule has 0 aromatic carbocycles. The topological polar surface area (TPSA) is 0 Å². The Hall–Kier alpha value is -0.330. The third-order valence-corrected chi connectivity index (χ3v) is 5.61. The zero-order chi connectivity index (χ0) is 9.28. The number of alkyl halides is 1. The average Bonchev–Trinajstić information content (AvgIpc) is 2.94. The summed E-state index contributed by atoms with van der Waals surface area (Å²) in [5.74, 6) is 5.69. The summed E-state index contributed by atoms with van der Waals surface area (Å²) in [6.07, 6.45) is 8.86. The Morgan fingerprint density at radius 1 is 1.00 bits per heavy atom. The lowest BCUT2D eigenvalue weighted by Crippen LogP contribution is -2.31. The van der Waals surface area contributed by atoms with Crippen molar-refractivity contribution in [3.63, 3.8) is 0 Å². The van der Waals surface area contributed by atoms with Crippen molar-refractivity contribution < 1.29 is 4.39 Å². The van der Waals surface area contributed by atoms with Gasteiger partial charge < -0.3 is 0 Å². The average molecular weight is 192 g/mol. The van der Waals surface area contributed by atoms with Crippen LogP contribution in [0.3, 0.4) is 0 Å². The molecule has 0 aromatic rings. The van der Waals surface area contributed by atoms with Crippen LogP contribution in [-0.2, 0) is 0 Å². The molecular formula is C13H17F. The first kappa shape index (κ1) is 7.90. The summed E-state index contributed by atoms with van der Waals surface area (Å²) in [6, 6.07) is 0. The fraction of sp³-hybridized carbons (Fsp3) is 0.846. The highest BCUT2D eigenvalue weighted by Gasteiger charge is 2.60. The van der Waals surface area contributed by atoms with Gasteiger partial charge in [-0.2, -0.15) is 0 Å². The highest BCUT2D eigenvalue weighted by atomic mass is 19.1. The van der Waals surface area contributed by atoms with E-state index in [1.807, 2.05) is 0 Å². The molecule has 0 aliphatic heterocycles. The van der Waals surface area contributed by atoms with Gasteiger partial charge in [-0.15, -0.1) is 0 Å². The van der Waals surface area contributed by atoms with Crippen molar-refractivity contribution in [1.82, 2.24) is 0 Å². The second-order valence-electron chi connectivity index (χ2n) is 5.91. The molecule has 0 radical (unpaired) electrons. The summed E-state index contributed by atoms with van der Waals surface area (Å²) in [5.41, 5.74) is 0. The molecule has 0 aromatic heterocycles. The number of hydrogen-bond donors (Lipinski definition) is 0. The van der Waals surface area contributed by atoms with Crippen LogP contribution in [0.2, 0.25) is 0 Å². The van der Waals surface area contributed by atoms with Gasteiger partial charge in [-0.05, 0) is 60.7 Å². The molecule has 4 bridgehead atoms. The van der Waals surface area contributed by atoms with Gasteiger partial charge in [0.15, 0.2) is 0 Å². The number of rotatable bonds is 1. The lowest BCUT2D eigenvalue weighted by Gasteiger charge is -2.35. The largest absolute Gasteiger partial charge is 0.251 e. The van der Waals surface area contributed by atoms with Crippen LogP contribution >= 0.6 is 0 Å². The summed E-state index contributed by atoms with van der Waals surface area (Å²) >= 11 is 0. The molecule has 0 saturated heterocycles. The lowest BCUT2D eigenvalue weighted by atomic mass is 9.70. The van der Waals surface area contributed by atoms with E-state index in [0.717, 1.165) is 35.5 Å². The highest BCUT2D eigenvalue weighted by Crippen LogP contribution is 2.66. The Bertz CT molecular complexity index is 296. The van der Waals surface area contributed by atoms with Crippen molar-refractivity contribution in [3.8, 4) is 0 Å². The van der Waals surface area contributed by atoms with Crippen molar-refractivity contribution >= 4 is 0 Å². The van der Waals surface area contributed by atoms with E-state index in [2.05, 4.69) is 12.2 Å². The van der Waals surface area contributed by atoms with Gasteiger partial charge in [0.05, 0.1) is 6.67 Å². The third kappa shape index (κ3) is 0.730. The van der Waals surface area contributed by atoms with Crippen LogP contribution < -0.4 is 0 Å². The molecule has 3 saturated carbocycles. The van der Waals surface area contributed by atoms with Crippen molar-refractivity contribution in [1.29, 1.82) is 0 Å². The Kier molecular flexibility index (Phi) is 1.37. The first-order chi connectivity index (χ1) is 6.88. The van der Waals surface area contributed by atoms with E-state index in [1.165, 1.54) is 19.3 Å². The molecule has 4 rings (SSSR count). The molecule has 0 heterocycles. The molecular weight excluding hydrogens is 175 g/mol. The standard InChI is InChI=1S/C13H17F/c14-6-10-4-9-5-11(10)13-8-2-1-7(3-8)12(9)13/h1-2,7-13H,3-6H2/t7-,8+,9-,10-,11-,12?,13?/m1/s1. The van der Waals surface area contributed by atoms with E-state index in [-0.39, 0.29) is 6.67 Å². The van der Waals surface area contributed by atoms with E-state index in [0.29, 0.717) is 5.92 Å². The van der Waals surface area contributed by atoms with Crippen LogP contribution in [0.4, 0.5) is 4.39 Å². The van der Waals surface area contributed by atoms with Crippen LogP contribution in [0.5, 0.6) is 0 Å². The van der Waals surface area contributed by atoms with Crippen molar-refractivity contribution in [3.05, 3.63) is 12.2 Å². The SMILES string of the molecule is FC[C@H]1C[C@@H]2C[C@H]1C1C2[C@@H]2C=C[C@H]1C2. The minimum atomic E-state index is -0.0501. The first-order valence-electron chi connectivity index (χ1n) is 6.12. The summed E-state index contributed by atoms with van der Waals surface area (Å²) in [5, 5.41) is 0. The van der Waals surface area contributed by atoms with Gasteiger partial charge in [-0.25, -0.2) is 0 Å². The van der Waals surface area contributed by atoms with Gasteiger partial charge >= 0.3 is 0 Å². The molecule has 0 N–H and O–H groups in total. The number of hydrogen-bond acceptors (Lipinski definition) is 0. The first-order valence-corrected chi connectivity index (χ1v) is 6.12. The predicted octanol–water partition coefficient (Wildman–Crippen LogP) is 3.05. The Balaban J connectivity index is 1.72. The molecule has 0 spiro atoms. The third-order valence-electron chi connectivity index (χ3n) is 5.61. The maximum Gasteiger partial charge on any atom is 0.0925 e. The Morgan fingerprint density at radius 3 is 2.57 bits per heavy atom. The zero-order valence-corrected chi connectivity index (χ0v) is 8.40. The fourth-order valence-electron chi connectivity index (χ4n) is 5.33. The van der Waals surface area contributed by atoms with Crippen molar-refractivity contribution in [2.75, 3.05) is 6.67 Å². The maximum atomic E-state index is 12.8. The molecule has 3 fully saturated rings. The van der Waals surface area contributed by atoms with E-state index in [9.17, 15) is 4.39 Å². The monoisotopic (exact) mass is 192 g/mol. The van der Waals surface area contributed by atoms with Crippen LogP contribution in [-0.4, -0.2) is 6.67 Å². The van der Waals surface area contributed by atoms with Gasteiger partial charge in [0.2, 0.25) is 0 Å². The van der Waals surface area contributed by atoms with Crippen LogP contribution in [0.1, 0.15) is 19.3 Å². The predicted molar refractivity (Wildman–Crippen MR) is 53.4 cm³/mol. The number of fused-ring (bicyclic) bond motifs is 9. The van der Waals surface area contributed by atoms with Crippen molar-refractivity contribution in [2.24, 2.45) is 41.4 Å². The summed E-state index contributed by atoms with van der Waals surface area (Å²) < 4.78 is 12.8. The van der Waals surface area contributed by atoms with Crippen LogP contribution in [0.15, 0.2) is 12.2 Å². The summed E-state index contributed by atoms with van der Waals surface area (Å²) in [7, 11) is 0. The second kappa shape index (κ2) is 2.43. The molecule has 4 aliphatic rings. The minimum absolute atomic E-state index is 0.0501. The highest BCUT2D eigenvalue weighted by molar-refractivity contribution is 5.20. The summed E-state index contributed by atoms with van der Waals surface area (Å²) in [4.78, 5) is 0. The van der Waals surface area contributed by atoms with Crippen LogP contribution in [0, 0.1) is 41.4 Å².